The highest BCUT2D eigenvalue weighted by Gasteiger charge is 2.16. The molecule has 0 saturated carbocycles. The molecule has 7 heteroatoms. The SMILES string of the molecule is COc1cccc(-c2nc(COC(=O)c3ccccc3Br)cs2)c1OC. The fraction of sp³-hybridized carbons (Fsp3) is 0.158. The van der Waals surface area contributed by atoms with Crippen molar-refractivity contribution in [3.8, 4) is 22.1 Å². The lowest BCUT2D eigenvalue weighted by Crippen LogP contribution is -2.06. The predicted octanol–water partition coefficient (Wildman–Crippen LogP) is 4.95. The number of benzene rings is 2. The summed E-state index contributed by atoms with van der Waals surface area (Å²) < 4.78 is 16.8. The first-order valence-electron chi connectivity index (χ1n) is 7.71. The van der Waals surface area contributed by atoms with E-state index in [1.54, 1.807) is 32.4 Å². The van der Waals surface area contributed by atoms with Crippen LogP contribution >= 0.6 is 27.3 Å². The van der Waals surface area contributed by atoms with E-state index in [1.165, 1.54) is 11.3 Å². The largest absolute Gasteiger partial charge is 0.493 e. The molecule has 3 aromatic rings. The van der Waals surface area contributed by atoms with E-state index in [9.17, 15) is 4.79 Å². The number of carbonyl (C=O) groups excluding carboxylic acids is 1. The number of ether oxygens (including phenoxy) is 3. The lowest BCUT2D eigenvalue weighted by atomic mass is 10.2. The summed E-state index contributed by atoms with van der Waals surface area (Å²) in [4.78, 5) is 16.7. The molecule has 134 valence electrons. The number of hydrogen-bond donors (Lipinski definition) is 0. The Hall–Kier alpha value is -2.38. The molecule has 0 N–H and O–H groups in total. The van der Waals surface area contributed by atoms with Crippen molar-refractivity contribution in [3.63, 3.8) is 0 Å². The number of rotatable bonds is 6. The first-order chi connectivity index (χ1) is 12.6. The van der Waals surface area contributed by atoms with Crippen molar-refractivity contribution >= 4 is 33.2 Å². The molecular formula is C19H16BrNO4S. The van der Waals surface area contributed by atoms with Crippen LogP contribution in [0.5, 0.6) is 11.5 Å². The van der Waals surface area contributed by atoms with Crippen molar-refractivity contribution in [2.45, 2.75) is 6.61 Å². The Kier molecular flexibility index (Phi) is 5.90. The number of aromatic nitrogens is 1. The number of hydrogen-bond acceptors (Lipinski definition) is 6. The maximum absolute atomic E-state index is 12.2. The van der Waals surface area contributed by atoms with Crippen LogP contribution < -0.4 is 9.47 Å². The summed E-state index contributed by atoms with van der Waals surface area (Å²) in [6.45, 7) is 0.100. The molecule has 0 unspecified atom stereocenters. The van der Waals surface area contributed by atoms with Gasteiger partial charge in [0.2, 0.25) is 0 Å². The van der Waals surface area contributed by atoms with E-state index in [2.05, 4.69) is 20.9 Å². The van der Waals surface area contributed by atoms with Crippen LogP contribution in [0.15, 0.2) is 52.3 Å². The highest BCUT2D eigenvalue weighted by molar-refractivity contribution is 9.10. The minimum Gasteiger partial charge on any atom is -0.493 e. The van der Waals surface area contributed by atoms with Gasteiger partial charge in [-0.3, -0.25) is 0 Å². The van der Waals surface area contributed by atoms with E-state index >= 15 is 0 Å². The molecule has 0 aliphatic carbocycles. The lowest BCUT2D eigenvalue weighted by Gasteiger charge is -2.10. The van der Waals surface area contributed by atoms with Crippen LogP contribution in [0.25, 0.3) is 10.6 Å². The van der Waals surface area contributed by atoms with Gasteiger partial charge in [-0.05, 0) is 40.2 Å². The zero-order chi connectivity index (χ0) is 18.5. The molecule has 0 bridgehead atoms. The second kappa shape index (κ2) is 8.33. The van der Waals surface area contributed by atoms with Gasteiger partial charge in [0.15, 0.2) is 11.5 Å². The topological polar surface area (TPSA) is 57.7 Å². The number of esters is 1. The van der Waals surface area contributed by atoms with E-state index in [0.29, 0.717) is 27.2 Å². The van der Waals surface area contributed by atoms with E-state index in [0.717, 1.165) is 10.6 Å². The summed E-state index contributed by atoms with van der Waals surface area (Å²) in [6, 6.07) is 12.8. The zero-order valence-electron chi connectivity index (χ0n) is 14.2. The van der Waals surface area contributed by atoms with Crippen LogP contribution in [0, 0.1) is 0 Å². The number of nitrogens with zero attached hydrogens (tertiary/aromatic N) is 1. The molecule has 0 radical (unpaired) electrons. The summed E-state index contributed by atoms with van der Waals surface area (Å²) in [6.07, 6.45) is 0. The van der Waals surface area contributed by atoms with Crippen LogP contribution in [-0.2, 0) is 11.3 Å². The fourth-order valence-corrected chi connectivity index (χ4v) is 3.67. The van der Waals surface area contributed by atoms with Gasteiger partial charge in [0.05, 0.1) is 31.0 Å². The Bertz CT molecular complexity index is 925. The minimum absolute atomic E-state index is 0.100. The molecule has 0 aliphatic rings. The van der Waals surface area contributed by atoms with Crippen LogP contribution in [0.2, 0.25) is 0 Å². The molecule has 0 spiro atoms. The molecule has 1 aromatic heterocycles. The Morgan fingerprint density at radius 2 is 1.92 bits per heavy atom. The minimum atomic E-state index is -0.397. The predicted molar refractivity (Wildman–Crippen MR) is 104 cm³/mol. The van der Waals surface area contributed by atoms with E-state index in [4.69, 9.17) is 14.2 Å². The normalized spacial score (nSPS) is 10.4. The number of thiazole rings is 1. The summed E-state index contributed by atoms with van der Waals surface area (Å²) in [5.41, 5.74) is 1.99. The molecule has 0 amide bonds. The first kappa shape index (κ1) is 18.4. The average molecular weight is 434 g/mol. The number of carbonyl (C=O) groups is 1. The van der Waals surface area contributed by atoms with Crippen molar-refractivity contribution in [1.29, 1.82) is 0 Å². The van der Waals surface area contributed by atoms with Crippen LogP contribution in [0.4, 0.5) is 0 Å². The fourth-order valence-electron chi connectivity index (χ4n) is 2.40. The molecule has 0 atom stereocenters. The van der Waals surface area contributed by atoms with Gasteiger partial charge in [-0.15, -0.1) is 11.3 Å². The van der Waals surface area contributed by atoms with Gasteiger partial charge >= 0.3 is 5.97 Å². The number of para-hydroxylation sites is 1. The molecule has 2 aromatic carbocycles. The molecule has 0 saturated heterocycles. The molecule has 5 nitrogen and oxygen atoms in total. The van der Waals surface area contributed by atoms with Gasteiger partial charge < -0.3 is 14.2 Å². The second-order valence-electron chi connectivity index (χ2n) is 5.24. The van der Waals surface area contributed by atoms with Crippen LogP contribution in [0.3, 0.4) is 0 Å². The highest BCUT2D eigenvalue weighted by atomic mass is 79.9. The van der Waals surface area contributed by atoms with Crippen molar-refractivity contribution in [2.75, 3.05) is 14.2 Å². The zero-order valence-corrected chi connectivity index (χ0v) is 16.6. The molecule has 0 fully saturated rings. The number of methoxy groups -OCH3 is 2. The summed E-state index contributed by atoms with van der Waals surface area (Å²) in [7, 11) is 3.19. The van der Waals surface area contributed by atoms with E-state index in [-0.39, 0.29) is 6.61 Å². The summed E-state index contributed by atoms with van der Waals surface area (Å²) in [5.74, 6) is 0.870. The Labute approximate surface area is 163 Å². The molecular weight excluding hydrogens is 418 g/mol. The third kappa shape index (κ3) is 3.89. The van der Waals surface area contributed by atoms with Gasteiger partial charge in [0.1, 0.15) is 11.6 Å². The molecule has 3 rings (SSSR count). The van der Waals surface area contributed by atoms with E-state index < -0.39 is 5.97 Å². The van der Waals surface area contributed by atoms with Crippen LogP contribution in [0.1, 0.15) is 16.1 Å². The van der Waals surface area contributed by atoms with Crippen molar-refractivity contribution in [3.05, 3.63) is 63.6 Å². The summed E-state index contributed by atoms with van der Waals surface area (Å²) in [5, 5.41) is 2.63. The summed E-state index contributed by atoms with van der Waals surface area (Å²) >= 11 is 4.80. The average Bonchev–Trinajstić information content (AvgIpc) is 3.14. The Morgan fingerprint density at radius 3 is 2.65 bits per heavy atom. The van der Waals surface area contributed by atoms with Crippen molar-refractivity contribution in [1.82, 2.24) is 4.98 Å². The van der Waals surface area contributed by atoms with Gasteiger partial charge in [0.25, 0.3) is 0 Å². The van der Waals surface area contributed by atoms with Gasteiger partial charge in [-0.2, -0.15) is 0 Å². The van der Waals surface area contributed by atoms with Crippen molar-refractivity contribution < 1.29 is 19.0 Å². The monoisotopic (exact) mass is 433 g/mol. The quantitative estimate of drug-likeness (QED) is 0.514. The maximum Gasteiger partial charge on any atom is 0.339 e. The molecule has 0 aliphatic heterocycles. The Balaban J connectivity index is 1.75. The van der Waals surface area contributed by atoms with Crippen molar-refractivity contribution in [2.24, 2.45) is 0 Å². The molecule has 1 heterocycles. The molecule has 26 heavy (non-hydrogen) atoms. The second-order valence-corrected chi connectivity index (χ2v) is 6.95. The first-order valence-corrected chi connectivity index (χ1v) is 9.38. The Morgan fingerprint density at radius 1 is 1.12 bits per heavy atom. The third-order valence-electron chi connectivity index (χ3n) is 3.63. The number of halogens is 1. The van der Waals surface area contributed by atoms with Gasteiger partial charge in [-0.25, -0.2) is 9.78 Å². The van der Waals surface area contributed by atoms with E-state index in [1.807, 2.05) is 29.6 Å². The maximum atomic E-state index is 12.2. The smallest absolute Gasteiger partial charge is 0.339 e. The van der Waals surface area contributed by atoms with Gasteiger partial charge in [0, 0.05) is 9.85 Å². The van der Waals surface area contributed by atoms with Crippen LogP contribution in [-0.4, -0.2) is 25.2 Å². The lowest BCUT2D eigenvalue weighted by molar-refractivity contribution is 0.0467. The van der Waals surface area contributed by atoms with Gasteiger partial charge in [-0.1, -0.05) is 18.2 Å². The standard InChI is InChI=1S/C19H16BrNO4S/c1-23-16-9-5-7-14(17(16)24-2)18-21-12(11-26-18)10-25-19(22)13-6-3-4-8-15(13)20/h3-9,11H,10H2,1-2H3. The third-order valence-corrected chi connectivity index (χ3v) is 5.25. The highest BCUT2D eigenvalue weighted by Crippen LogP contribution is 2.39.